The molecule has 1 atom stereocenters. The van der Waals surface area contributed by atoms with Crippen molar-refractivity contribution in [3.63, 3.8) is 0 Å². The van der Waals surface area contributed by atoms with E-state index in [4.69, 9.17) is 9.26 Å². The smallest absolute Gasteiger partial charge is 0.241 e. The minimum atomic E-state index is 0.0269. The van der Waals surface area contributed by atoms with E-state index in [-0.39, 0.29) is 11.9 Å². The first-order valence-corrected chi connectivity index (χ1v) is 9.66. The highest BCUT2D eigenvalue weighted by atomic mass is 16.5. The Bertz CT molecular complexity index is 753. The number of piperazine rings is 1. The van der Waals surface area contributed by atoms with Gasteiger partial charge in [0.15, 0.2) is 0 Å². The number of carbonyl (C=O) groups excluding carboxylic acids is 1. The Hall–Kier alpha value is -2.29. The molecule has 0 saturated carbocycles. The highest BCUT2D eigenvalue weighted by Crippen LogP contribution is 2.17. The fraction of sp³-hybridized carbons (Fsp3) is 0.550. The molecular weight excluding hydrogens is 358 g/mol. The number of methoxy groups -OCH3 is 1. The van der Waals surface area contributed by atoms with E-state index in [0.717, 1.165) is 31.7 Å². The maximum absolute atomic E-state index is 12.1. The van der Waals surface area contributed by atoms with E-state index in [2.05, 4.69) is 32.2 Å². The van der Waals surface area contributed by atoms with Crippen molar-refractivity contribution in [2.75, 3.05) is 46.4 Å². The van der Waals surface area contributed by atoms with Gasteiger partial charge in [0.25, 0.3) is 0 Å². The summed E-state index contributed by atoms with van der Waals surface area (Å²) in [4.78, 5) is 21.0. The van der Waals surface area contributed by atoms with Crippen LogP contribution in [0.4, 0.5) is 0 Å². The lowest BCUT2D eigenvalue weighted by Gasteiger charge is -2.33. The van der Waals surface area contributed by atoms with Crippen LogP contribution in [0.15, 0.2) is 28.8 Å². The van der Waals surface area contributed by atoms with Crippen molar-refractivity contribution in [2.24, 2.45) is 0 Å². The molecule has 1 aliphatic rings. The number of aryl methyl sites for hydroxylation is 1. The van der Waals surface area contributed by atoms with Gasteiger partial charge in [0.2, 0.25) is 17.6 Å². The summed E-state index contributed by atoms with van der Waals surface area (Å²) < 4.78 is 10.5. The van der Waals surface area contributed by atoms with Gasteiger partial charge in [0.05, 0.1) is 19.7 Å². The molecule has 3 rings (SSSR count). The number of benzene rings is 1. The first-order valence-electron chi connectivity index (χ1n) is 9.66. The second-order valence-electron chi connectivity index (χ2n) is 7.35. The molecule has 28 heavy (non-hydrogen) atoms. The van der Waals surface area contributed by atoms with Crippen LogP contribution in [-0.4, -0.2) is 78.3 Å². The van der Waals surface area contributed by atoms with E-state index in [0.29, 0.717) is 31.4 Å². The number of rotatable bonds is 8. The molecule has 0 radical (unpaired) electrons. The van der Waals surface area contributed by atoms with Crippen LogP contribution in [-0.2, 0) is 16.1 Å². The van der Waals surface area contributed by atoms with Crippen molar-refractivity contribution in [1.82, 2.24) is 25.3 Å². The topological polar surface area (TPSA) is 83.7 Å². The molecule has 8 nitrogen and oxygen atoms in total. The van der Waals surface area contributed by atoms with Crippen molar-refractivity contribution in [3.05, 3.63) is 35.7 Å². The SMILES string of the molecule is COCC(C)NC(=O)CN1CCN(Cc2nc(-c3ccc(C)cc3)no2)CC1. The Morgan fingerprint density at radius 2 is 1.89 bits per heavy atom. The molecule has 1 N–H and O–H groups in total. The van der Waals surface area contributed by atoms with Gasteiger partial charge in [-0.05, 0) is 13.8 Å². The average Bonchev–Trinajstić information content (AvgIpc) is 3.12. The molecule has 0 bridgehead atoms. The normalized spacial score (nSPS) is 16.8. The summed E-state index contributed by atoms with van der Waals surface area (Å²) in [7, 11) is 1.63. The van der Waals surface area contributed by atoms with Crippen LogP contribution >= 0.6 is 0 Å². The van der Waals surface area contributed by atoms with E-state index < -0.39 is 0 Å². The molecule has 152 valence electrons. The van der Waals surface area contributed by atoms with Gasteiger partial charge in [-0.3, -0.25) is 14.6 Å². The summed E-state index contributed by atoms with van der Waals surface area (Å²) in [5.74, 6) is 1.28. The fourth-order valence-corrected chi connectivity index (χ4v) is 3.25. The molecule has 1 unspecified atom stereocenters. The van der Waals surface area contributed by atoms with Crippen LogP contribution in [0.1, 0.15) is 18.4 Å². The van der Waals surface area contributed by atoms with Gasteiger partial charge in [-0.1, -0.05) is 35.0 Å². The number of ether oxygens (including phenoxy) is 1. The maximum atomic E-state index is 12.1. The van der Waals surface area contributed by atoms with E-state index in [1.807, 2.05) is 31.2 Å². The molecule has 1 aliphatic heterocycles. The summed E-state index contributed by atoms with van der Waals surface area (Å²) in [6.45, 7) is 8.96. The van der Waals surface area contributed by atoms with Gasteiger partial charge < -0.3 is 14.6 Å². The highest BCUT2D eigenvalue weighted by molar-refractivity contribution is 5.78. The van der Waals surface area contributed by atoms with E-state index in [1.165, 1.54) is 5.56 Å². The molecule has 1 saturated heterocycles. The maximum Gasteiger partial charge on any atom is 0.241 e. The Labute approximate surface area is 165 Å². The summed E-state index contributed by atoms with van der Waals surface area (Å²) in [6.07, 6.45) is 0. The Morgan fingerprint density at radius 1 is 1.21 bits per heavy atom. The lowest BCUT2D eigenvalue weighted by molar-refractivity contribution is -0.123. The third-order valence-corrected chi connectivity index (χ3v) is 4.79. The van der Waals surface area contributed by atoms with Crippen molar-refractivity contribution < 1.29 is 14.1 Å². The molecule has 0 aliphatic carbocycles. The number of aromatic nitrogens is 2. The van der Waals surface area contributed by atoms with E-state index >= 15 is 0 Å². The van der Waals surface area contributed by atoms with Crippen LogP contribution in [0.2, 0.25) is 0 Å². The van der Waals surface area contributed by atoms with Crippen LogP contribution in [0, 0.1) is 6.92 Å². The monoisotopic (exact) mass is 387 g/mol. The zero-order valence-electron chi connectivity index (χ0n) is 16.9. The van der Waals surface area contributed by atoms with Gasteiger partial charge in [0.1, 0.15) is 0 Å². The average molecular weight is 387 g/mol. The predicted octanol–water partition coefficient (Wildman–Crippen LogP) is 1.31. The minimum Gasteiger partial charge on any atom is -0.383 e. The van der Waals surface area contributed by atoms with Crippen LogP contribution in [0.5, 0.6) is 0 Å². The second kappa shape index (κ2) is 9.77. The molecular formula is C20H29N5O3. The standard InChI is InChI=1S/C20H29N5O3/c1-15-4-6-17(7-5-15)20-22-19(28-23-20)13-25-10-8-24(9-11-25)12-18(26)21-16(2)14-27-3/h4-7,16H,8-14H2,1-3H3,(H,21,26). The van der Waals surface area contributed by atoms with Crippen LogP contribution in [0.25, 0.3) is 11.4 Å². The zero-order valence-corrected chi connectivity index (χ0v) is 16.9. The first kappa shape index (κ1) is 20.4. The number of nitrogens with one attached hydrogen (secondary N) is 1. The number of hydrogen-bond donors (Lipinski definition) is 1. The van der Waals surface area contributed by atoms with Crippen molar-refractivity contribution in [1.29, 1.82) is 0 Å². The highest BCUT2D eigenvalue weighted by Gasteiger charge is 2.21. The summed E-state index contributed by atoms with van der Waals surface area (Å²) >= 11 is 0. The molecule has 0 spiro atoms. The Morgan fingerprint density at radius 3 is 2.57 bits per heavy atom. The molecule has 8 heteroatoms. The number of nitrogens with zero attached hydrogens (tertiary/aromatic N) is 4. The number of amides is 1. The van der Waals surface area contributed by atoms with Crippen molar-refractivity contribution in [3.8, 4) is 11.4 Å². The summed E-state index contributed by atoms with van der Waals surface area (Å²) in [5.41, 5.74) is 2.16. The van der Waals surface area contributed by atoms with Crippen LogP contribution < -0.4 is 5.32 Å². The van der Waals surface area contributed by atoms with Crippen molar-refractivity contribution >= 4 is 5.91 Å². The van der Waals surface area contributed by atoms with Gasteiger partial charge in [-0.15, -0.1) is 0 Å². The fourth-order valence-electron chi connectivity index (χ4n) is 3.25. The first-order chi connectivity index (χ1) is 13.5. The minimum absolute atomic E-state index is 0.0269. The van der Waals surface area contributed by atoms with Gasteiger partial charge in [-0.25, -0.2) is 0 Å². The third-order valence-electron chi connectivity index (χ3n) is 4.79. The van der Waals surface area contributed by atoms with Gasteiger partial charge >= 0.3 is 0 Å². The third kappa shape index (κ3) is 5.85. The quantitative estimate of drug-likeness (QED) is 0.731. The largest absolute Gasteiger partial charge is 0.383 e. The molecule has 2 heterocycles. The Kier molecular flexibility index (Phi) is 7.13. The van der Waals surface area contributed by atoms with E-state index in [9.17, 15) is 4.79 Å². The zero-order chi connectivity index (χ0) is 19.9. The summed E-state index contributed by atoms with van der Waals surface area (Å²) in [5, 5.41) is 7.04. The van der Waals surface area contributed by atoms with Gasteiger partial charge in [-0.2, -0.15) is 4.98 Å². The second-order valence-corrected chi connectivity index (χ2v) is 7.35. The van der Waals surface area contributed by atoms with Crippen molar-refractivity contribution in [2.45, 2.75) is 26.4 Å². The molecule has 1 aromatic carbocycles. The lowest BCUT2D eigenvalue weighted by atomic mass is 10.1. The molecule has 2 aromatic rings. The van der Waals surface area contributed by atoms with E-state index in [1.54, 1.807) is 7.11 Å². The lowest BCUT2D eigenvalue weighted by Crippen LogP contribution is -2.50. The number of carbonyl (C=O) groups is 1. The van der Waals surface area contributed by atoms with Gasteiger partial charge in [0, 0.05) is 44.9 Å². The Balaban J connectivity index is 1.43. The predicted molar refractivity (Wildman–Crippen MR) is 106 cm³/mol. The summed E-state index contributed by atoms with van der Waals surface area (Å²) in [6, 6.07) is 8.11. The number of hydrogen-bond acceptors (Lipinski definition) is 7. The molecule has 1 fully saturated rings. The molecule has 1 aromatic heterocycles. The van der Waals surface area contributed by atoms with Crippen LogP contribution in [0.3, 0.4) is 0 Å². The molecule has 1 amide bonds.